The maximum atomic E-state index is 12.5. The van der Waals surface area contributed by atoms with E-state index in [1.807, 2.05) is 11.8 Å². The van der Waals surface area contributed by atoms with E-state index < -0.39 is 0 Å². The number of nitrogens with zero attached hydrogens (tertiary/aromatic N) is 4. The lowest BCUT2D eigenvalue weighted by molar-refractivity contribution is -0.138. The normalized spacial score (nSPS) is 24.5. The number of likely N-dealkylation sites (tertiary alicyclic amines) is 1. The summed E-state index contributed by atoms with van der Waals surface area (Å²) in [5, 5.41) is 9.21. The standard InChI is InChI=1S/C15H22N4O3/c1-11-2-6-19(11)13(21)9-18-7-4-16-14(15(18)22)17-5-3-12(8-17)10-20/h4,7,11-12,20H,2-3,5-6,8-10H2,1H3/t11-,12-/m0/s1. The van der Waals surface area contributed by atoms with Crippen LogP contribution in [0.15, 0.2) is 17.2 Å². The Labute approximate surface area is 129 Å². The van der Waals surface area contributed by atoms with Crippen LogP contribution in [0.2, 0.25) is 0 Å². The summed E-state index contributed by atoms with van der Waals surface area (Å²) in [6.45, 7) is 4.34. The Balaban J connectivity index is 1.75. The zero-order chi connectivity index (χ0) is 15.7. The Kier molecular flexibility index (Phi) is 4.15. The van der Waals surface area contributed by atoms with Crippen LogP contribution >= 0.6 is 0 Å². The van der Waals surface area contributed by atoms with Gasteiger partial charge in [0.25, 0.3) is 5.56 Å². The predicted molar refractivity (Wildman–Crippen MR) is 81.7 cm³/mol. The van der Waals surface area contributed by atoms with Gasteiger partial charge in [-0.1, -0.05) is 0 Å². The third-order valence-electron chi connectivity index (χ3n) is 4.68. The summed E-state index contributed by atoms with van der Waals surface area (Å²) in [6, 6.07) is 0.272. The monoisotopic (exact) mass is 306 g/mol. The number of carbonyl (C=O) groups excluding carboxylic acids is 1. The van der Waals surface area contributed by atoms with E-state index in [4.69, 9.17) is 0 Å². The molecule has 2 aliphatic rings. The fourth-order valence-corrected chi connectivity index (χ4v) is 3.07. The van der Waals surface area contributed by atoms with Crippen molar-refractivity contribution in [2.45, 2.75) is 32.4 Å². The first kappa shape index (κ1) is 15.0. The van der Waals surface area contributed by atoms with Gasteiger partial charge in [-0.25, -0.2) is 4.98 Å². The summed E-state index contributed by atoms with van der Waals surface area (Å²) >= 11 is 0. The van der Waals surface area contributed by atoms with Crippen molar-refractivity contribution < 1.29 is 9.90 Å². The van der Waals surface area contributed by atoms with E-state index in [0.29, 0.717) is 18.9 Å². The number of amides is 1. The molecule has 3 heterocycles. The maximum absolute atomic E-state index is 12.5. The molecule has 0 unspecified atom stereocenters. The van der Waals surface area contributed by atoms with Gasteiger partial charge in [-0.15, -0.1) is 0 Å². The van der Waals surface area contributed by atoms with Crippen molar-refractivity contribution in [3.05, 3.63) is 22.7 Å². The molecule has 1 aromatic rings. The Morgan fingerprint density at radius 3 is 2.82 bits per heavy atom. The molecule has 1 aromatic heterocycles. The van der Waals surface area contributed by atoms with E-state index in [0.717, 1.165) is 19.4 Å². The van der Waals surface area contributed by atoms with Crippen LogP contribution in [0.5, 0.6) is 0 Å². The fourth-order valence-electron chi connectivity index (χ4n) is 3.07. The van der Waals surface area contributed by atoms with Gasteiger partial charge in [-0.3, -0.25) is 9.59 Å². The van der Waals surface area contributed by atoms with Crippen LogP contribution in [0, 0.1) is 5.92 Å². The molecule has 1 amide bonds. The van der Waals surface area contributed by atoms with E-state index in [-0.39, 0.29) is 36.6 Å². The maximum Gasteiger partial charge on any atom is 0.293 e. The van der Waals surface area contributed by atoms with Crippen molar-refractivity contribution in [1.82, 2.24) is 14.5 Å². The Bertz CT molecular complexity index is 615. The molecule has 0 aromatic carbocycles. The van der Waals surface area contributed by atoms with Gasteiger partial charge in [-0.05, 0) is 19.8 Å². The van der Waals surface area contributed by atoms with Gasteiger partial charge >= 0.3 is 0 Å². The molecule has 1 N–H and O–H groups in total. The van der Waals surface area contributed by atoms with E-state index in [1.54, 1.807) is 17.3 Å². The topological polar surface area (TPSA) is 78.7 Å². The zero-order valence-electron chi connectivity index (χ0n) is 12.8. The number of anilines is 1. The number of aliphatic hydroxyl groups excluding tert-OH is 1. The molecule has 0 radical (unpaired) electrons. The highest BCUT2D eigenvalue weighted by molar-refractivity contribution is 5.77. The fraction of sp³-hybridized carbons (Fsp3) is 0.667. The summed E-state index contributed by atoms with van der Waals surface area (Å²) in [6.07, 6.45) is 5.01. The lowest BCUT2D eigenvalue weighted by atomic mass is 10.1. The SMILES string of the molecule is C[C@H]1CCN1C(=O)Cn1ccnc(N2CC[C@H](CO)C2)c1=O. The third-order valence-corrected chi connectivity index (χ3v) is 4.68. The van der Waals surface area contributed by atoms with Crippen molar-refractivity contribution in [3.8, 4) is 0 Å². The second kappa shape index (κ2) is 6.08. The molecular weight excluding hydrogens is 284 g/mol. The first-order valence-electron chi connectivity index (χ1n) is 7.81. The average molecular weight is 306 g/mol. The van der Waals surface area contributed by atoms with Crippen molar-refractivity contribution in [2.75, 3.05) is 31.1 Å². The Morgan fingerprint density at radius 2 is 2.23 bits per heavy atom. The third kappa shape index (κ3) is 2.72. The highest BCUT2D eigenvalue weighted by Crippen LogP contribution is 2.19. The summed E-state index contributed by atoms with van der Waals surface area (Å²) < 4.78 is 1.43. The average Bonchev–Trinajstić information content (AvgIpc) is 2.96. The molecule has 0 spiro atoms. The molecule has 7 heteroatoms. The number of hydrogen-bond donors (Lipinski definition) is 1. The van der Waals surface area contributed by atoms with E-state index >= 15 is 0 Å². The number of carbonyl (C=O) groups is 1. The molecule has 0 aliphatic carbocycles. The van der Waals surface area contributed by atoms with Crippen LogP contribution < -0.4 is 10.5 Å². The predicted octanol–water partition coefficient (Wildman–Crippen LogP) is -0.317. The van der Waals surface area contributed by atoms with Crippen molar-refractivity contribution >= 4 is 11.7 Å². The highest BCUT2D eigenvalue weighted by atomic mass is 16.3. The summed E-state index contributed by atoms with van der Waals surface area (Å²) in [7, 11) is 0. The van der Waals surface area contributed by atoms with Crippen molar-refractivity contribution in [1.29, 1.82) is 0 Å². The number of aromatic nitrogens is 2. The number of rotatable bonds is 4. The minimum atomic E-state index is -0.234. The van der Waals surface area contributed by atoms with E-state index in [2.05, 4.69) is 4.98 Å². The van der Waals surface area contributed by atoms with Crippen molar-refractivity contribution in [3.63, 3.8) is 0 Å². The van der Waals surface area contributed by atoms with Gasteiger partial charge in [0.05, 0.1) is 0 Å². The highest BCUT2D eigenvalue weighted by Gasteiger charge is 2.29. The van der Waals surface area contributed by atoms with Crippen LogP contribution in [0.3, 0.4) is 0 Å². The second-order valence-electron chi connectivity index (χ2n) is 6.19. The molecule has 2 saturated heterocycles. The largest absolute Gasteiger partial charge is 0.396 e. The molecule has 2 aliphatic heterocycles. The van der Waals surface area contributed by atoms with E-state index in [9.17, 15) is 14.7 Å². The Hall–Kier alpha value is -1.89. The lowest BCUT2D eigenvalue weighted by Gasteiger charge is -2.38. The molecule has 0 bridgehead atoms. The van der Waals surface area contributed by atoms with Crippen LogP contribution in [0.1, 0.15) is 19.8 Å². The van der Waals surface area contributed by atoms with Gasteiger partial charge in [0, 0.05) is 50.6 Å². The summed E-state index contributed by atoms with van der Waals surface area (Å²) in [4.78, 5) is 32.6. The van der Waals surface area contributed by atoms with Gasteiger partial charge < -0.3 is 19.5 Å². The molecule has 7 nitrogen and oxygen atoms in total. The smallest absolute Gasteiger partial charge is 0.293 e. The first-order valence-corrected chi connectivity index (χ1v) is 7.81. The molecular formula is C15H22N4O3. The van der Waals surface area contributed by atoms with Gasteiger partial charge in [-0.2, -0.15) is 0 Å². The molecule has 3 rings (SSSR count). The van der Waals surface area contributed by atoms with E-state index in [1.165, 1.54) is 4.57 Å². The minimum Gasteiger partial charge on any atom is -0.396 e. The molecule has 120 valence electrons. The molecule has 22 heavy (non-hydrogen) atoms. The second-order valence-corrected chi connectivity index (χ2v) is 6.19. The minimum absolute atomic E-state index is 0.0207. The van der Waals surface area contributed by atoms with Gasteiger partial charge in [0.2, 0.25) is 5.91 Å². The van der Waals surface area contributed by atoms with Crippen LogP contribution in [-0.2, 0) is 11.3 Å². The zero-order valence-corrected chi connectivity index (χ0v) is 12.8. The molecule has 0 saturated carbocycles. The number of hydrogen-bond acceptors (Lipinski definition) is 5. The summed E-state index contributed by atoms with van der Waals surface area (Å²) in [5.74, 6) is 0.550. The van der Waals surface area contributed by atoms with Crippen LogP contribution in [-0.4, -0.2) is 57.7 Å². The molecule has 2 atom stereocenters. The number of aliphatic hydroxyl groups is 1. The first-order chi connectivity index (χ1) is 10.6. The lowest BCUT2D eigenvalue weighted by Crippen LogP contribution is -2.51. The quantitative estimate of drug-likeness (QED) is 0.825. The van der Waals surface area contributed by atoms with Crippen LogP contribution in [0.4, 0.5) is 5.82 Å². The van der Waals surface area contributed by atoms with Gasteiger partial charge in [0.1, 0.15) is 6.54 Å². The Morgan fingerprint density at radius 1 is 1.41 bits per heavy atom. The molecule has 2 fully saturated rings. The summed E-state index contributed by atoms with van der Waals surface area (Å²) in [5.41, 5.74) is -0.234. The van der Waals surface area contributed by atoms with Crippen molar-refractivity contribution in [2.24, 2.45) is 5.92 Å². The van der Waals surface area contributed by atoms with Crippen LogP contribution in [0.25, 0.3) is 0 Å². The van der Waals surface area contributed by atoms with Gasteiger partial charge in [0.15, 0.2) is 5.82 Å².